The van der Waals surface area contributed by atoms with Gasteiger partial charge < -0.3 is 0 Å². The highest BCUT2D eigenvalue weighted by atomic mass is 15.0. The predicted molar refractivity (Wildman–Crippen MR) is 277 cm³/mol. The maximum Gasteiger partial charge on any atom is 0.164 e. The van der Waals surface area contributed by atoms with Crippen molar-refractivity contribution in [2.24, 2.45) is 0 Å². The highest BCUT2D eigenvalue weighted by molar-refractivity contribution is 5.99. The second kappa shape index (κ2) is 18.5. The summed E-state index contributed by atoms with van der Waals surface area (Å²) in [4.78, 5) is 30.6. The molecular formula is C62H44N6. The molecule has 0 aliphatic heterocycles. The van der Waals surface area contributed by atoms with Gasteiger partial charge in [-0.15, -0.1) is 0 Å². The Morgan fingerprint density at radius 3 is 1.10 bits per heavy atom. The molecular weight excluding hydrogens is 829 g/mol. The van der Waals surface area contributed by atoms with Gasteiger partial charge in [-0.05, 0) is 76.6 Å². The van der Waals surface area contributed by atoms with Crippen LogP contribution in [0.25, 0.3) is 113 Å². The van der Waals surface area contributed by atoms with Crippen molar-refractivity contribution in [3.05, 3.63) is 242 Å². The lowest BCUT2D eigenvalue weighted by Crippen LogP contribution is -2.02. The van der Waals surface area contributed by atoms with Crippen LogP contribution in [0.5, 0.6) is 0 Å². The van der Waals surface area contributed by atoms with E-state index in [4.69, 9.17) is 29.9 Å². The standard InChI is InChI=1S/C62H44N6/c1-41-38-51(39-42(2)63-41)53-29-17-28-52(45-32-36-49(37-33-45)59-64-56(46-20-9-4-10-21-46)40-57(65-59)47-22-11-5-12-23-47)58(53)54-26-15-16-27-55(54)62-67-60(48-24-13-6-14-25-48)66-61(68-62)50-34-30-44(31-35-50)43-18-7-3-8-19-43/h3-40H,1-2H3. The Bertz CT molecular complexity index is 3460. The third kappa shape index (κ3) is 8.62. The molecule has 68 heavy (non-hydrogen) atoms. The Kier molecular flexibility index (Phi) is 11.3. The first kappa shape index (κ1) is 41.7. The van der Waals surface area contributed by atoms with Crippen LogP contribution in [-0.2, 0) is 0 Å². The van der Waals surface area contributed by atoms with Gasteiger partial charge >= 0.3 is 0 Å². The van der Waals surface area contributed by atoms with Crippen molar-refractivity contribution in [2.45, 2.75) is 13.8 Å². The van der Waals surface area contributed by atoms with Crippen molar-refractivity contribution in [2.75, 3.05) is 0 Å². The van der Waals surface area contributed by atoms with Gasteiger partial charge in [0.25, 0.3) is 0 Å². The number of rotatable bonds is 10. The largest absolute Gasteiger partial charge is 0.258 e. The van der Waals surface area contributed by atoms with E-state index in [9.17, 15) is 0 Å². The van der Waals surface area contributed by atoms with Crippen LogP contribution in [0, 0.1) is 13.8 Å². The van der Waals surface area contributed by atoms with Crippen LogP contribution in [0.1, 0.15) is 11.4 Å². The third-order valence-electron chi connectivity index (χ3n) is 12.1. The molecule has 0 radical (unpaired) electrons. The van der Waals surface area contributed by atoms with Gasteiger partial charge in [0.1, 0.15) is 0 Å². The summed E-state index contributed by atoms with van der Waals surface area (Å²) in [5.41, 5.74) is 17.9. The Morgan fingerprint density at radius 2 is 0.574 bits per heavy atom. The van der Waals surface area contributed by atoms with Gasteiger partial charge in [-0.1, -0.05) is 212 Å². The lowest BCUT2D eigenvalue weighted by atomic mass is 9.85. The summed E-state index contributed by atoms with van der Waals surface area (Å²) in [6, 6.07) is 79.6. The summed E-state index contributed by atoms with van der Waals surface area (Å²) >= 11 is 0. The van der Waals surface area contributed by atoms with E-state index in [1.807, 2.05) is 72.8 Å². The molecule has 0 N–H and O–H groups in total. The fraction of sp³-hybridized carbons (Fsp3) is 0.0323. The quantitative estimate of drug-likeness (QED) is 0.136. The molecule has 0 atom stereocenters. The molecule has 0 aliphatic rings. The average molecular weight is 873 g/mol. The summed E-state index contributed by atoms with van der Waals surface area (Å²) in [6.07, 6.45) is 0. The highest BCUT2D eigenvalue weighted by Crippen LogP contribution is 2.44. The van der Waals surface area contributed by atoms with Crippen molar-refractivity contribution in [3.8, 4) is 113 Å². The first-order valence-corrected chi connectivity index (χ1v) is 22.8. The van der Waals surface area contributed by atoms with Crippen LogP contribution in [-0.4, -0.2) is 29.9 Å². The summed E-state index contributed by atoms with van der Waals surface area (Å²) in [5, 5.41) is 0. The van der Waals surface area contributed by atoms with Crippen molar-refractivity contribution < 1.29 is 0 Å². The Labute approximate surface area is 396 Å². The Hall–Kier alpha value is -9.00. The SMILES string of the molecule is Cc1cc(-c2cccc(-c3ccc(-c4nc(-c5ccccc5)cc(-c5ccccc5)n4)cc3)c2-c2ccccc2-c2nc(-c3ccccc3)nc(-c3ccc(-c4ccccc4)cc3)n2)cc(C)n1. The van der Waals surface area contributed by atoms with Crippen molar-refractivity contribution >= 4 is 0 Å². The first-order chi connectivity index (χ1) is 33.5. The minimum Gasteiger partial charge on any atom is -0.258 e. The second-order valence-corrected chi connectivity index (χ2v) is 16.8. The van der Waals surface area contributed by atoms with Crippen LogP contribution in [0.2, 0.25) is 0 Å². The third-order valence-corrected chi connectivity index (χ3v) is 12.1. The number of hydrogen-bond donors (Lipinski definition) is 0. The van der Waals surface area contributed by atoms with Gasteiger partial charge in [-0.2, -0.15) is 0 Å². The summed E-state index contributed by atoms with van der Waals surface area (Å²) in [5.74, 6) is 2.44. The molecule has 0 saturated heterocycles. The lowest BCUT2D eigenvalue weighted by Gasteiger charge is -2.20. The molecule has 0 amide bonds. The Balaban J connectivity index is 1.07. The predicted octanol–water partition coefficient (Wildman–Crippen LogP) is 15.3. The number of pyridine rings is 1. The monoisotopic (exact) mass is 872 g/mol. The van der Waals surface area contributed by atoms with Gasteiger partial charge in [0, 0.05) is 44.8 Å². The van der Waals surface area contributed by atoms with Gasteiger partial charge in [0.05, 0.1) is 11.4 Å². The number of aryl methyl sites for hydroxylation is 2. The van der Waals surface area contributed by atoms with Crippen molar-refractivity contribution in [1.82, 2.24) is 29.9 Å². The zero-order valence-electron chi connectivity index (χ0n) is 37.6. The van der Waals surface area contributed by atoms with Gasteiger partial charge in [0.15, 0.2) is 23.3 Å². The van der Waals surface area contributed by atoms with E-state index in [0.29, 0.717) is 23.3 Å². The molecule has 0 unspecified atom stereocenters. The topological polar surface area (TPSA) is 77.3 Å². The number of nitrogens with zero attached hydrogens (tertiary/aromatic N) is 6. The van der Waals surface area contributed by atoms with E-state index in [-0.39, 0.29) is 0 Å². The molecule has 11 rings (SSSR count). The van der Waals surface area contributed by atoms with Gasteiger partial charge in [-0.25, -0.2) is 24.9 Å². The number of hydrogen-bond acceptors (Lipinski definition) is 6. The van der Waals surface area contributed by atoms with Gasteiger partial charge in [0.2, 0.25) is 0 Å². The van der Waals surface area contributed by atoms with Crippen LogP contribution in [0.3, 0.4) is 0 Å². The fourth-order valence-corrected chi connectivity index (χ4v) is 8.88. The minimum atomic E-state index is 0.583. The summed E-state index contributed by atoms with van der Waals surface area (Å²) in [7, 11) is 0. The molecule has 322 valence electrons. The summed E-state index contributed by atoms with van der Waals surface area (Å²) < 4.78 is 0. The number of benzene rings is 8. The average Bonchev–Trinajstić information content (AvgIpc) is 3.41. The number of aromatic nitrogens is 6. The first-order valence-electron chi connectivity index (χ1n) is 22.8. The Morgan fingerprint density at radius 1 is 0.221 bits per heavy atom. The van der Waals surface area contributed by atoms with E-state index in [1.165, 1.54) is 0 Å². The zero-order valence-corrected chi connectivity index (χ0v) is 37.6. The molecule has 3 heterocycles. The molecule has 0 bridgehead atoms. The van der Waals surface area contributed by atoms with E-state index in [1.54, 1.807) is 0 Å². The van der Waals surface area contributed by atoms with Crippen LogP contribution in [0.4, 0.5) is 0 Å². The zero-order chi connectivity index (χ0) is 45.8. The molecule has 0 aliphatic carbocycles. The molecule has 0 saturated carbocycles. The lowest BCUT2D eigenvalue weighted by molar-refractivity contribution is 1.07. The van der Waals surface area contributed by atoms with Crippen LogP contribution in [0.15, 0.2) is 231 Å². The maximum atomic E-state index is 5.28. The van der Waals surface area contributed by atoms with Crippen molar-refractivity contribution in [3.63, 3.8) is 0 Å². The van der Waals surface area contributed by atoms with Gasteiger partial charge in [-0.3, -0.25) is 4.98 Å². The molecule has 0 fully saturated rings. The van der Waals surface area contributed by atoms with E-state index in [2.05, 4.69) is 172 Å². The molecule has 11 aromatic rings. The van der Waals surface area contributed by atoms with Crippen LogP contribution < -0.4 is 0 Å². The van der Waals surface area contributed by atoms with Crippen LogP contribution >= 0.6 is 0 Å². The second-order valence-electron chi connectivity index (χ2n) is 16.8. The molecule has 6 heteroatoms. The smallest absolute Gasteiger partial charge is 0.164 e. The highest BCUT2D eigenvalue weighted by Gasteiger charge is 2.22. The molecule has 0 spiro atoms. The normalized spacial score (nSPS) is 11.1. The van der Waals surface area contributed by atoms with E-state index in [0.717, 1.165) is 101 Å². The summed E-state index contributed by atoms with van der Waals surface area (Å²) in [6.45, 7) is 4.10. The van der Waals surface area contributed by atoms with E-state index >= 15 is 0 Å². The molecule has 3 aromatic heterocycles. The maximum absolute atomic E-state index is 5.28. The minimum absolute atomic E-state index is 0.583. The molecule has 8 aromatic carbocycles. The molecule has 6 nitrogen and oxygen atoms in total. The van der Waals surface area contributed by atoms with Crippen molar-refractivity contribution in [1.29, 1.82) is 0 Å². The fourth-order valence-electron chi connectivity index (χ4n) is 8.88. The van der Waals surface area contributed by atoms with E-state index < -0.39 is 0 Å².